The Morgan fingerprint density at radius 1 is 1.02 bits per heavy atom. The highest BCUT2D eigenvalue weighted by Crippen LogP contribution is 2.39. The van der Waals surface area contributed by atoms with Crippen LogP contribution in [0, 0.1) is 28.5 Å². The molecule has 0 saturated heterocycles. The molecule has 1 atom stereocenters. The van der Waals surface area contributed by atoms with Crippen molar-refractivity contribution in [2.45, 2.75) is 72.8 Å². The summed E-state index contributed by atoms with van der Waals surface area (Å²) < 4.78 is 15.6. The molecule has 0 spiro atoms. The molecule has 246 valence electrons. The fraction of sp³-hybridized carbons (Fsp3) is 0.417. The highest BCUT2D eigenvalue weighted by Gasteiger charge is 2.34. The van der Waals surface area contributed by atoms with Gasteiger partial charge in [0, 0.05) is 47.9 Å². The van der Waals surface area contributed by atoms with Gasteiger partial charge in [-0.2, -0.15) is 5.26 Å². The van der Waals surface area contributed by atoms with Crippen LogP contribution in [0.25, 0.3) is 28.0 Å². The zero-order chi connectivity index (χ0) is 33.9. The zero-order valence-electron chi connectivity index (χ0n) is 28.3. The molecule has 5 rings (SSSR count). The number of imidazole rings is 1. The Morgan fingerprint density at radius 2 is 1.70 bits per heavy atom. The van der Waals surface area contributed by atoms with Gasteiger partial charge < -0.3 is 16.0 Å². The van der Waals surface area contributed by atoms with Crippen LogP contribution >= 0.6 is 11.3 Å². The molecule has 0 saturated carbocycles. The summed E-state index contributed by atoms with van der Waals surface area (Å²) in [4.78, 5) is 21.5. The standard InChI is InChI=1S/C36H44FN9S/c1-8-10-26(17-38)35(3,4)22-36(5,6)44-33-40-19-25(20-41-33)24-13-16-30-42-28(9-2)32(46(30)21-24)45(7)34-43-31(29(18-39)47-34)23-11-14-27(37)15-12-23/h11-16,19-21,26H,8-10,17,22,38H2,1-7H3,(H,40,41,44). The zero-order valence-corrected chi connectivity index (χ0v) is 29.1. The van der Waals surface area contributed by atoms with E-state index in [2.05, 4.69) is 62.9 Å². The molecule has 0 aliphatic rings. The maximum Gasteiger partial charge on any atom is 0.223 e. The molecule has 1 unspecified atom stereocenters. The number of nitriles is 1. The van der Waals surface area contributed by atoms with E-state index in [0.29, 0.717) is 46.1 Å². The molecule has 11 heteroatoms. The monoisotopic (exact) mass is 653 g/mol. The highest BCUT2D eigenvalue weighted by atomic mass is 32.1. The minimum absolute atomic E-state index is 0.0704. The lowest BCUT2D eigenvalue weighted by atomic mass is 9.69. The SMILES string of the molecule is CCCC(CN)C(C)(C)CC(C)(C)Nc1ncc(-c2ccc3nc(CC)c(N(C)c4nc(-c5ccc(F)cc5)c(C#N)s4)n3c2)cn1. The number of nitrogens with zero attached hydrogens (tertiary/aromatic N) is 7. The molecular weight excluding hydrogens is 610 g/mol. The van der Waals surface area contributed by atoms with Crippen molar-refractivity contribution in [3.8, 4) is 28.5 Å². The van der Waals surface area contributed by atoms with Gasteiger partial charge in [0.25, 0.3) is 0 Å². The molecule has 47 heavy (non-hydrogen) atoms. The van der Waals surface area contributed by atoms with E-state index in [9.17, 15) is 9.65 Å². The van der Waals surface area contributed by atoms with Gasteiger partial charge >= 0.3 is 0 Å². The minimum Gasteiger partial charge on any atom is -0.349 e. The molecule has 9 nitrogen and oxygen atoms in total. The molecule has 0 aliphatic carbocycles. The number of hydrogen-bond acceptors (Lipinski definition) is 9. The number of thiazole rings is 1. The average Bonchev–Trinajstić information content (AvgIpc) is 3.64. The van der Waals surface area contributed by atoms with Gasteiger partial charge in [-0.25, -0.2) is 24.3 Å². The van der Waals surface area contributed by atoms with Crippen LogP contribution < -0.4 is 16.0 Å². The number of nitrogens with two attached hydrogens (primary N) is 1. The minimum atomic E-state index is -0.336. The summed E-state index contributed by atoms with van der Waals surface area (Å²) >= 11 is 1.29. The topological polar surface area (TPSA) is 121 Å². The van der Waals surface area contributed by atoms with Crippen molar-refractivity contribution in [1.82, 2.24) is 24.3 Å². The summed E-state index contributed by atoms with van der Waals surface area (Å²) in [6.45, 7) is 13.9. The van der Waals surface area contributed by atoms with Gasteiger partial charge in [0.2, 0.25) is 5.95 Å². The fourth-order valence-corrected chi connectivity index (χ4v) is 7.46. The maximum atomic E-state index is 13.6. The third kappa shape index (κ3) is 7.29. The van der Waals surface area contributed by atoms with Gasteiger partial charge in [0.15, 0.2) is 5.13 Å². The third-order valence-corrected chi connectivity index (χ3v) is 9.83. The number of halogens is 1. The lowest BCUT2D eigenvalue weighted by molar-refractivity contribution is 0.158. The normalized spacial score (nSPS) is 12.7. The highest BCUT2D eigenvalue weighted by molar-refractivity contribution is 7.16. The molecule has 0 fully saturated rings. The second kappa shape index (κ2) is 13.8. The summed E-state index contributed by atoms with van der Waals surface area (Å²) in [6, 6.07) is 12.3. The van der Waals surface area contributed by atoms with E-state index >= 15 is 0 Å². The van der Waals surface area contributed by atoms with Crippen LogP contribution in [0.15, 0.2) is 55.0 Å². The van der Waals surface area contributed by atoms with E-state index in [-0.39, 0.29) is 16.8 Å². The van der Waals surface area contributed by atoms with Crippen LogP contribution in [0.2, 0.25) is 0 Å². The van der Waals surface area contributed by atoms with Gasteiger partial charge in [-0.15, -0.1) is 0 Å². The summed E-state index contributed by atoms with van der Waals surface area (Å²) in [5, 5.41) is 14.1. The van der Waals surface area contributed by atoms with Crippen molar-refractivity contribution in [3.05, 3.63) is 71.4 Å². The van der Waals surface area contributed by atoms with Crippen molar-refractivity contribution in [1.29, 1.82) is 5.26 Å². The Bertz CT molecular complexity index is 1870. The molecule has 5 aromatic rings. The number of nitrogens with one attached hydrogen (secondary N) is 1. The first kappa shape index (κ1) is 33.9. The van der Waals surface area contributed by atoms with E-state index in [0.717, 1.165) is 47.5 Å². The van der Waals surface area contributed by atoms with Crippen LogP contribution in [0.3, 0.4) is 0 Å². The summed E-state index contributed by atoms with van der Waals surface area (Å²) in [5.41, 5.74) is 10.7. The largest absolute Gasteiger partial charge is 0.349 e. The van der Waals surface area contributed by atoms with Crippen molar-refractivity contribution >= 4 is 33.9 Å². The first-order chi connectivity index (χ1) is 22.4. The molecule has 1 aromatic carbocycles. The van der Waals surface area contributed by atoms with E-state index in [1.807, 2.05) is 47.1 Å². The fourth-order valence-electron chi connectivity index (χ4n) is 6.61. The Hall–Kier alpha value is -4.40. The number of benzene rings is 1. The van der Waals surface area contributed by atoms with E-state index in [1.54, 1.807) is 12.1 Å². The lowest BCUT2D eigenvalue weighted by Gasteiger charge is -2.40. The van der Waals surface area contributed by atoms with Crippen molar-refractivity contribution in [3.63, 3.8) is 0 Å². The predicted octanol–water partition coefficient (Wildman–Crippen LogP) is 8.24. The Balaban J connectivity index is 1.42. The average molecular weight is 654 g/mol. The Labute approximate surface area is 280 Å². The number of pyridine rings is 1. The van der Waals surface area contributed by atoms with E-state index in [4.69, 9.17) is 15.7 Å². The molecule has 0 bridgehead atoms. The first-order valence-corrected chi connectivity index (χ1v) is 16.9. The van der Waals surface area contributed by atoms with Crippen LogP contribution in [0.5, 0.6) is 0 Å². The quantitative estimate of drug-likeness (QED) is 0.130. The van der Waals surface area contributed by atoms with Crippen LogP contribution in [0.4, 0.5) is 21.3 Å². The van der Waals surface area contributed by atoms with Crippen LogP contribution in [0.1, 0.15) is 71.4 Å². The molecular formula is C36H44FN9S. The molecule has 0 amide bonds. The lowest BCUT2D eigenvalue weighted by Crippen LogP contribution is -2.41. The molecule has 0 aliphatic heterocycles. The Morgan fingerprint density at radius 3 is 2.32 bits per heavy atom. The van der Waals surface area contributed by atoms with Crippen LogP contribution in [-0.2, 0) is 6.42 Å². The molecule has 4 heterocycles. The maximum absolute atomic E-state index is 13.6. The number of aromatic nitrogens is 5. The Kier molecular flexibility index (Phi) is 9.94. The number of aryl methyl sites for hydroxylation is 1. The second-order valence-corrected chi connectivity index (χ2v) is 14.4. The smallest absolute Gasteiger partial charge is 0.223 e. The van der Waals surface area contributed by atoms with Crippen LogP contribution in [-0.4, -0.2) is 43.5 Å². The summed E-state index contributed by atoms with van der Waals surface area (Å²) in [6.07, 6.45) is 9.59. The summed E-state index contributed by atoms with van der Waals surface area (Å²) in [5.74, 6) is 1.56. The van der Waals surface area contributed by atoms with Gasteiger partial charge in [0.1, 0.15) is 33.9 Å². The van der Waals surface area contributed by atoms with Crippen molar-refractivity contribution < 1.29 is 4.39 Å². The van der Waals surface area contributed by atoms with Crippen molar-refractivity contribution in [2.75, 3.05) is 23.8 Å². The van der Waals surface area contributed by atoms with Gasteiger partial charge in [0.05, 0.1) is 5.69 Å². The van der Waals surface area contributed by atoms with Crippen molar-refractivity contribution in [2.24, 2.45) is 17.1 Å². The van der Waals surface area contributed by atoms with Gasteiger partial charge in [-0.1, -0.05) is 45.5 Å². The summed E-state index contributed by atoms with van der Waals surface area (Å²) in [7, 11) is 1.92. The molecule has 3 N–H and O–H groups in total. The van der Waals surface area contributed by atoms with Gasteiger partial charge in [-0.05, 0) is 87.4 Å². The number of anilines is 3. The number of rotatable bonds is 13. The number of hydrogen-bond donors (Lipinski definition) is 2. The number of fused-ring (bicyclic) bond motifs is 1. The van der Waals surface area contributed by atoms with E-state index in [1.165, 1.54) is 23.5 Å². The van der Waals surface area contributed by atoms with Gasteiger partial charge in [-0.3, -0.25) is 4.40 Å². The second-order valence-electron chi connectivity index (χ2n) is 13.4. The molecule has 4 aromatic heterocycles. The van der Waals surface area contributed by atoms with E-state index < -0.39 is 0 Å². The first-order valence-electron chi connectivity index (χ1n) is 16.1. The third-order valence-electron chi connectivity index (χ3n) is 8.80. The predicted molar refractivity (Wildman–Crippen MR) is 189 cm³/mol. The molecule has 0 radical (unpaired) electrons.